The van der Waals surface area contributed by atoms with Gasteiger partial charge in [0.1, 0.15) is 12.4 Å². The second-order valence-electron chi connectivity index (χ2n) is 10.5. The maximum Gasteiger partial charge on any atom is 0.407 e. The average molecular weight is 560 g/mol. The molecule has 5 N–H and O–H groups in total. The van der Waals surface area contributed by atoms with Crippen LogP contribution < -0.4 is 21.1 Å². The van der Waals surface area contributed by atoms with Crippen LogP contribution in [0.2, 0.25) is 0 Å². The van der Waals surface area contributed by atoms with E-state index in [-0.39, 0.29) is 29.5 Å². The Balaban J connectivity index is 1.18. The third kappa shape index (κ3) is 7.50. The first-order chi connectivity index (χ1) is 20.0. The van der Waals surface area contributed by atoms with Gasteiger partial charge in [0.15, 0.2) is 11.5 Å². The lowest BCUT2D eigenvalue weighted by Gasteiger charge is -2.40. The standard InChI is InChI=1S/C30H37N7O4/c31-28-27(29(38)34-23-9-5-11-32-18-23)35-26(19-33-28)22-8-4-10-25(17-22)41-15-14-36-12-13-37(30(39)40)24(20-36)16-21-6-2-1-3-7-21/h1-4,6-8,10,17,19,23-24,32H,5,9,11-16,18,20H2,(H2,31,33)(H,34,38)(H,39,40)/t23-,24?/m0/s1. The molecule has 0 aliphatic carbocycles. The molecule has 11 heteroatoms. The molecule has 1 unspecified atom stereocenters. The monoisotopic (exact) mass is 559 g/mol. The lowest BCUT2D eigenvalue weighted by atomic mass is 10.0. The van der Waals surface area contributed by atoms with Gasteiger partial charge in [0.2, 0.25) is 0 Å². The topological polar surface area (TPSA) is 146 Å². The molecule has 5 rings (SSSR count). The highest BCUT2D eigenvalue weighted by molar-refractivity contribution is 5.97. The summed E-state index contributed by atoms with van der Waals surface area (Å²) in [4.78, 5) is 37.2. The largest absolute Gasteiger partial charge is 0.492 e. The molecular formula is C30H37N7O4. The van der Waals surface area contributed by atoms with Crippen LogP contribution in [0.5, 0.6) is 5.75 Å². The second kappa shape index (κ2) is 13.4. The smallest absolute Gasteiger partial charge is 0.407 e. The van der Waals surface area contributed by atoms with Crippen LogP contribution in [-0.2, 0) is 6.42 Å². The number of nitrogens with zero attached hydrogens (tertiary/aromatic N) is 4. The third-order valence-corrected chi connectivity index (χ3v) is 7.58. The summed E-state index contributed by atoms with van der Waals surface area (Å²) in [5.41, 5.74) is 8.54. The van der Waals surface area contributed by atoms with Crippen molar-refractivity contribution in [2.24, 2.45) is 0 Å². The molecule has 2 aromatic carbocycles. The predicted molar refractivity (Wildman–Crippen MR) is 156 cm³/mol. The van der Waals surface area contributed by atoms with Crippen LogP contribution in [0.1, 0.15) is 28.9 Å². The Labute approximate surface area is 239 Å². The number of piperidine rings is 1. The zero-order valence-electron chi connectivity index (χ0n) is 23.0. The summed E-state index contributed by atoms with van der Waals surface area (Å²) < 4.78 is 6.07. The van der Waals surface area contributed by atoms with Crippen molar-refractivity contribution in [3.8, 4) is 17.0 Å². The molecular weight excluding hydrogens is 522 g/mol. The SMILES string of the molecule is Nc1ncc(-c2cccc(OCCN3CCN(C(=O)O)C(Cc4ccccc4)C3)c2)nc1C(=O)N[C@H]1CCCNC1. The van der Waals surface area contributed by atoms with E-state index in [2.05, 4.69) is 25.5 Å². The Bertz CT molecular complexity index is 1330. The van der Waals surface area contributed by atoms with E-state index < -0.39 is 6.09 Å². The van der Waals surface area contributed by atoms with Gasteiger partial charge in [-0.2, -0.15) is 0 Å². The number of piperazine rings is 1. The molecule has 2 aliphatic rings. The Morgan fingerprint density at radius 2 is 2.00 bits per heavy atom. The maximum atomic E-state index is 12.9. The van der Waals surface area contributed by atoms with Crippen molar-refractivity contribution < 1.29 is 19.4 Å². The highest BCUT2D eigenvalue weighted by atomic mass is 16.5. The number of nitrogens with two attached hydrogens (primary N) is 1. The van der Waals surface area contributed by atoms with Gasteiger partial charge in [0, 0.05) is 44.3 Å². The summed E-state index contributed by atoms with van der Waals surface area (Å²) in [5.74, 6) is 0.438. The number of nitrogen functional groups attached to an aromatic ring is 1. The molecule has 41 heavy (non-hydrogen) atoms. The number of ether oxygens (including phenoxy) is 1. The minimum absolute atomic E-state index is 0.0403. The number of rotatable bonds is 9. The summed E-state index contributed by atoms with van der Waals surface area (Å²) in [7, 11) is 0. The van der Waals surface area contributed by atoms with Crippen molar-refractivity contribution in [1.29, 1.82) is 0 Å². The van der Waals surface area contributed by atoms with E-state index in [9.17, 15) is 14.7 Å². The van der Waals surface area contributed by atoms with Crippen LogP contribution in [0.15, 0.2) is 60.8 Å². The van der Waals surface area contributed by atoms with E-state index >= 15 is 0 Å². The number of benzene rings is 2. The molecule has 3 aromatic rings. The van der Waals surface area contributed by atoms with Crippen LogP contribution >= 0.6 is 0 Å². The van der Waals surface area contributed by atoms with Gasteiger partial charge in [0.05, 0.1) is 17.9 Å². The quantitative estimate of drug-likeness (QED) is 0.311. The molecule has 2 fully saturated rings. The fourth-order valence-corrected chi connectivity index (χ4v) is 5.41. The Morgan fingerprint density at radius 1 is 1.15 bits per heavy atom. The van der Waals surface area contributed by atoms with E-state index in [1.165, 1.54) is 0 Å². The van der Waals surface area contributed by atoms with Crippen molar-refractivity contribution in [1.82, 2.24) is 30.4 Å². The number of carbonyl (C=O) groups excluding carboxylic acids is 1. The van der Waals surface area contributed by atoms with Gasteiger partial charge >= 0.3 is 6.09 Å². The van der Waals surface area contributed by atoms with Crippen LogP contribution in [0.4, 0.5) is 10.6 Å². The van der Waals surface area contributed by atoms with E-state index in [0.29, 0.717) is 50.7 Å². The molecule has 0 bridgehead atoms. The number of nitrogens with one attached hydrogen (secondary N) is 2. The number of anilines is 1. The lowest BCUT2D eigenvalue weighted by molar-refractivity contribution is 0.0618. The highest BCUT2D eigenvalue weighted by Gasteiger charge is 2.30. The first-order valence-electron chi connectivity index (χ1n) is 14.1. The molecule has 11 nitrogen and oxygen atoms in total. The van der Waals surface area contributed by atoms with Crippen molar-refractivity contribution in [2.45, 2.75) is 31.3 Å². The molecule has 216 valence electrons. The van der Waals surface area contributed by atoms with Gasteiger partial charge in [-0.3, -0.25) is 9.69 Å². The van der Waals surface area contributed by atoms with Gasteiger partial charge in [-0.05, 0) is 43.5 Å². The first kappa shape index (κ1) is 28.3. The maximum absolute atomic E-state index is 12.9. The van der Waals surface area contributed by atoms with E-state index in [1.807, 2.05) is 54.6 Å². The molecule has 2 saturated heterocycles. The molecule has 3 heterocycles. The average Bonchev–Trinajstić information content (AvgIpc) is 2.98. The zero-order valence-corrected chi connectivity index (χ0v) is 23.0. The summed E-state index contributed by atoms with van der Waals surface area (Å²) in [6, 6.07) is 17.4. The Hall–Kier alpha value is -4.22. The highest BCUT2D eigenvalue weighted by Crippen LogP contribution is 2.24. The van der Waals surface area contributed by atoms with E-state index in [0.717, 1.165) is 37.1 Å². The van der Waals surface area contributed by atoms with Gasteiger partial charge in [-0.25, -0.2) is 14.8 Å². The number of hydrogen-bond donors (Lipinski definition) is 4. The minimum atomic E-state index is -0.879. The van der Waals surface area contributed by atoms with Crippen molar-refractivity contribution in [3.63, 3.8) is 0 Å². The fourth-order valence-electron chi connectivity index (χ4n) is 5.41. The number of hydrogen-bond acceptors (Lipinski definition) is 8. The Kier molecular flexibility index (Phi) is 9.27. The summed E-state index contributed by atoms with van der Waals surface area (Å²) >= 11 is 0. The molecule has 2 atom stereocenters. The van der Waals surface area contributed by atoms with Crippen molar-refractivity contribution >= 4 is 17.8 Å². The number of carbonyl (C=O) groups is 2. The number of aromatic nitrogens is 2. The summed E-state index contributed by atoms with van der Waals surface area (Å²) in [6.07, 6.45) is 3.27. The second-order valence-corrected chi connectivity index (χ2v) is 10.5. The van der Waals surface area contributed by atoms with Crippen LogP contribution in [0.3, 0.4) is 0 Å². The summed E-state index contributed by atoms with van der Waals surface area (Å²) in [5, 5.41) is 16.0. The van der Waals surface area contributed by atoms with Crippen LogP contribution in [-0.4, -0.2) is 94.8 Å². The zero-order chi connectivity index (χ0) is 28.6. The number of amides is 2. The molecule has 0 radical (unpaired) electrons. The van der Waals surface area contributed by atoms with Gasteiger partial charge in [-0.1, -0.05) is 42.5 Å². The third-order valence-electron chi connectivity index (χ3n) is 7.58. The van der Waals surface area contributed by atoms with E-state index in [1.54, 1.807) is 11.1 Å². The number of carboxylic acid groups (broad SMARTS) is 1. The normalized spacial score (nSPS) is 19.5. The van der Waals surface area contributed by atoms with Gasteiger partial charge < -0.3 is 31.1 Å². The summed E-state index contributed by atoms with van der Waals surface area (Å²) in [6.45, 7) is 4.57. The molecule has 2 aliphatic heterocycles. The fraction of sp³-hybridized carbons (Fsp3) is 0.400. The minimum Gasteiger partial charge on any atom is -0.492 e. The Morgan fingerprint density at radius 3 is 2.78 bits per heavy atom. The lowest BCUT2D eigenvalue weighted by Crippen LogP contribution is -2.56. The van der Waals surface area contributed by atoms with E-state index in [4.69, 9.17) is 10.5 Å². The van der Waals surface area contributed by atoms with Crippen molar-refractivity contribution in [3.05, 3.63) is 72.1 Å². The van der Waals surface area contributed by atoms with Crippen molar-refractivity contribution in [2.75, 3.05) is 51.6 Å². The molecule has 2 amide bonds. The molecule has 0 saturated carbocycles. The molecule has 0 spiro atoms. The van der Waals surface area contributed by atoms with Crippen LogP contribution in [0.25, 0.3) is 11.3 Å². The molecule has 1 aromatic heterocycles. The van der Waals surface area contributed by atoms with Gasteiger partial charge in [0.25, 0.3) is 5.91 Å². The van der Waals surface area contributed by atoms with Gasteiger partial charge in [-0.15, -0.1) is 0 Å². The first-order valence-corrected chi connectivity index (χ1v) is 14.1. The van der Waals surface area contributed by atoms with Crippen LogP contribution in [0, 0.1) is 0 Å². The predicted octanol–water partition coefficient (Wildman–Crippen LogP) is 2.49.